The van der Waals surface area contributed by atoms with Gasteiger partial charge in [0.15, 0.2) is 5.75 Å². The lowest BCUT2D eigenvalue weighted by Gasteiger charge is -2.18. The van der Waals surface area contributed by atoms with E-state index in [1.165, 1.54) is 6.07 Å². The number of fused-ring (bicyclic) bond motifs is 4. The Morgan fingerprint density at radius 1 is 1.00 bits per heavy atom. The van der Waals surface area contributed by atoms with Gasteiger partial charge in [0.1, 0.15) is 18.2 Å². The first-order valence-electron chi connectivity index (χ1n) is 13.0. The number of alkyl carbamates (subject to hydrolysis) is 1. The molecule has 6 rings (SSSR count). The van der Waals surface area contributed by atoms with Crippen molar-refractivity contribution in [2.45, 2.75) is 38.3 Å². The molecule has 0 bridgehead atoms. The Morgan fingerprint density at radius 3 is 2.62 bits per heavy atom. The molecule has 0 aliphatic heterocycles. The van der Waals surface area contributed by atoms with Gasteiger partial charge in [-0.25, -0.2) is 14.4 Å². The van der Waals surface area contributed by atoms with Crippen LogP contribution in [0.25, 0.3) is 21.9 Å². The van der Waals surface area contributed by atoms with Gasteiger partial charge in [-0.1, -0.05) is 60.1 Å². The number of carbonyl (C=O) groups excluding carboxylic acids is 2. The second-order valence-corrected chi connectivity index (χ2v) is 10.1. The molecule has 5 aromatic rings. The van der Waals surface area contributed by atoms with Crippen molar-refractivity contribution in [1.29, 1.82) is 0 Å². The molecule has 1 aliphatic carbocycles. The Balaban J connectivity index is 1.26. The van der Waals surface area contributed by atoms with Crippen molar-refractivity contribution in [2.75, 3.05) is 0 Å². The lowest BCUT2D eigenvalue weighted by atomic mass is 10.0. The average molecular weight is 557 g/mol. The number of amides is 1. The van der Waals surface area contributed by atoms with Crippen LogP contribution in [0, 0.1) is 0 Å². The van der Waals surface area contributed by atoms with Crippen molar-refractivity contribution < 1.29 is 23.5 Å². The highest BCUT2D eigenvalue weighted by Gasteiger charge is 2.27. The first-order chi connectivity index (χ1) is 19.5. The molecular weight excluding hydrogens is 532 g/mol. The molecule has 0 saturated carbocycles. The number of hydrogen-bond donors (Lipinski definition) is 2. The highest BCUT2D eigenvalue weighted by Crippen LogP contribution is 2.35. The summed E-state index contributed by atoms with van der Waals surface area (Å²) in [6.07, 6.45) is 3.46. The van der Waals surface area contributed by atoms with Crippen LogP contribution in [-0.2, 0) is 35.4 Å². The quantitative estimate of drug-likeness (QED) is 0.148. The summed E-state index contributed by atoms with van der Waals surface area (Å²) in [5.41, 5.74) is 4.02. The number of para-hydroxylation sites is 1. The molecule has 0 fully saturated rings. The Kier molecular flexibility index (Phi) is 7.00. The SMILES string of the molecule is O=C(NC(Cc1c[nH]c2ccccc12)C(=O)Oc1cc2oc(=O)c3c(c2cc1Cl)CCC3)OCc1ccccc1. The van der Waals surface area contributed by atoms with Crippen LogP contribution in [0.4, 0.5) is 4.79 Å². The zero-order valence-electron chi connectivity index (χ0n) is 21.4. The van der Waals surface area contributed by atoms with E-state index >= 15 is 0 Å². The molecule has 1 unspecified atom stereocenters. The number of esters is 1. The van der Waals surface area contributed by atoms with E-state index in [1.54, 1.807) is 12.3 Å². The highest BCUT2D eigenvalue weighted by atomic mass is 35.5. The second kappa shape index (κ2) is 10.9. The Labute approximate surface area is 233 Å². The maximum atomic E-state index is 13.5. The van der Waals surface area contributed by atoms with Gasteiger partial charge in [0.25, 0.3) is 0 Å². The van der Waals surface area contributed by atoms with Crippen LogP contribution in [-0.4, -0.2) is 23.1 Å². The van der Waals surface area contributed by atoms with Gasteiger partial charge in [-0.15, -0.1) is 0 Å². The standard InChI is InChI=1S/C31H25ClN2O6/c32-24-14-23-21-10-6-11-22(21)29(35)39-27(23)15-28(24)40-30(36)26(13-19-16-33-25-12-5-4-9-20(19)25)34-31(37)38-17-18-7-2-1-3-8-18/h1-5,7-9,12,14-16,26,33H,6,10-11,13,17H2,(H,34,37). The molecular formula is C31H25ClN2O6. The molecule has 0 saturated heterocycles. The number of aryl methyl sites for hydroxylation is 1. The summed E-state index contributed by atoms with van der Waals surface area (Å²) in [6, 6.07) is 18.9. The smallest absolute Gasteiger partial charge is 0.408 e. The summed E-state index contributed by atoms with van der Waals surface area (Å²) >= 11 is 6.52. The first kappa shape index (κ1) is 25.7. The second-order valence-electron chi connectivity index (χ2n) is 9.72. The Bertz CT molecular complexity index is 1790. The van der Waals surface area contributed by atoms with E-state index in [-0.39, 0.29) is 29.4 Å². The summed E-state index contributed by atoms with van der Waals surface area (Å²) in [5.74, 6) is -0.713. The molecule has 202 valence electrons. The number of rotatable bonds is 7. The Morgan fingerprint density at radius 2 is 1.77 bits per heavy atom. The number of ether oxygens (including phenoxy) is 2. The van der Waals surface area contributed by atoms with Crippen LogP contribution in [0.15, 0.2) is 82.1 Å². The normalized spacial score (nSPS) is 13.2. The van der Waals surface area contributed by atoms with Gasteiger partial charge in [0.05, 0.1) is 5.02 Å². The number of halogens is 1. The highest BCUT2D eigenvalue weighted by molar-refractivity contribution is 6.33. The van der Waals surface area contributed by atoms with Crippen LogP contribution >= 0.6 is 11.6 Å². The molecule has 2 N–H and O–H groups in total. The number of nitrogens with one attached hydrogen (secondary N) is 2. The minimum Gasteiger partial charge on any atom is -0.445 e. The van der Waals surface area contributed by atoms with E-state index in [0.717, 1.165) is 45.8 Å². The van der Waals surface area contributed by atoms with Crippen LogP contribution in [0.2, 0.25) is 5.02 Å². The first-order valence-corrected chi connectivity index (χ1v) is 13.4. The maximum absolute atomic E-state index is 13.5. The zero-order valence-corrected chi connectivity index (χ0v) is 22.1. The third kappa shape index (κ3) is 5.18. The number of carbonyl (C=O) groups is 2. The molecule has 9 heteroatoms. The average Bonchev–Trinajstić information content (AvgIpc) is 3.62. The van der Waals surface area contributed by atoms with Gasteiger partial charge in [-0.2, -0.15) is 0 Å². The summed E-state index contributed by atoms with van der Waals surface area (Å²) in [6.45, 7) is 0.0430. The van der Waals surface area contributed by atoms with E-state index in [0.29, 0.717) is 17.6 Å². The van der Waals surface area contributed by atoms with Crippen molar-refractivity contribution in [2.24, 2.45) is 0 Å². The summed E-state index contributed by atoms with van der Waals surface area (Å²) in [4.78, 5) is 41.8. The van der Waals surface area contributed by atoms with Crippen molar-refractivity contribution >= 4 is 45.5 Å². The van der Waals surface area contributed by atoms with Crippen molar-refractivity contribution in [3.05, 3.63) is 111 Å². The fraction of sp³-hybridized carbons (Fsp3) is 0.194. The minimum atomic E-state index is -1.10. The van der Waals surface area contributed by atoms with E-state index in [4.69, 9.17) is 25.5 Å². The fourth-order valence-electron chi connectivity index (χ4n) is 5.16. The van der Waals surface area contributed by atoms with Crippen molar-refractivity contribution in [1.82, 2.24) is 10.3 Å². The fourth-order valence-corrected chi connectivity index (χ4v) is 5.36. The summed E-state index contributed by atoms with van der Waals surface area (Å²) < 4.78 is 16.6. The van der Waals surface area contributed by atoms with Crippen LogP contribution in [0.3, 0.4) is 0 Å². The van der Waals surface area contributed by atoms with Gasteiger partial charge in [0, 0.05) is 40.5 Å². The van der Waals surface area contributed by atoms with E-state index in [9.17, 15) is 14.4 Å². The Hall–Kier alpha value is -4.56. The van der Waals surface area contributed by atoms with Gasteiger partial charge in [-0.05, 0) is 48.1 Å². The van der Waals surface area contributed by atoms with Gasteiger partial charge >= 0.3 is 17.7 Å². The zero-order chi connectivity index (χ0) is 27.6. The topological polar surface area (TPSA) is 111 Å². The molecule has 3 aromatic carbocycles. The number of aromatic amines is 1. The van der Waals surface area contributed by atoms with Crippen LogP contribution < -0.4 is 15.7 Å². The van der Waals surface area contributed by atoms with E-state index < -0.39 is 18.1 Å². The molecule has 0 spiro atoms. The number of H-pyrrole nitrogens is 1. The third-order valence-electron chi connectivity index (χ3n) is 7.12. The maximum Gasteiger partial charge on any atom is 0.408 e. The summed E-state index contributed by atoms with van der Waals surface area (Å²) in [7, 11) is 0. The molecule has 1 atom stereocenters. The molecule has 1 amide bonds. The molecule has 1 aliphatic rings. The molecule has 2 aromatic heterocycles. The van der Waals surface area contributed by atoms with Gasteiger partial charge in [0.2, 0.25) is 0 Å². The van der Waals surface area contributed by atoms with Crippen LogP contribution in [0.1, 0.15) is 28.7 Å². The van der Waals surface area contributed by atoms with E-state index in [1.807, 2.05) is 54.6 Å². The minimum absolute atomic E-state index is 0.0312. The van der Waals surface area contributed by atoms with Crippen LogP contribution in [0.5, 0.6) is 5.75 Å². The van der Waals surface area contributed by atoms with Crippen molar-refractivity contribution in [3.8, 4) is 5.75 Å². The monoisotopic (exact) mass is 556 g/mol. The number of benzene rings is 3. The summed E-state index contributed by atoms with van der Waals surface area (Å²) in [5, 5.41) is 4.49. The van der Waals surface area contributed by atoms with Gasteiger partial charge < -0.3 is 24.2 Å². The van der Waals surface area contributed by atoms with Gasteiger partial charge in [-0.3, -0.25) is 0 Å². The molecule has 0 radical (unpaired) electrons. The molecule has 2 heterocycles. The lowest BCUT2D eigenvalue weighted by Crippen LogP contribution is -2.44. The van der Waals surface area contributed by atoms with Crippen molar-refractivity contribution in [3.63, 3.8) is 0 Å². The number of aromatic nitrogens is 1. The largest absolute Gasteiger partial charge is 0.445 e. The predicted molar refractivity (Wildman–Crippen MR) is 151 cm³/mol. The lowest BCUT2D eigenvalue weighted by molar-refractivity contribution is -0.136. The predicted octanol–water partition coefficient (Wildman–Crippen LogP) is 5.86. The van der Waals surface area contributed by atoms with E-state index in [2.05, 4.69) is 10.3 Å². The number of hydrogen-bond acceptors (Lipinski definition) is 6. The molecule has 40 heavy (non-hydrogen) atoms. The molecule has 8 nitrogen and oxygen atoms in total. The third-order valence-corrected chi connectivity index (χ3v) is 7.42.